The van der Waals surface area contributed by atoms with Crippen LogP contribution in [0.25, 0.3) is 0 Å². The maximum Gasteiger partial charge on any atom is 0.254 e. The van der Waals surface area contributed by atoms with Crippen molar-refractivity contribution in [2.24, 2.45) is 0 Å². The van der Waals surface area contributed by atoms with Crippen molar-refractivity contribution in [1.82, 2.24) is 14.5 Å². The number of aromatic nitrogens is 2. The Balaban J connectivity index is 1.77. The minimum Gasteiger partial charge on any atom is -0.497 e. The van der Waals surface area contributed by atoms with Crippen molar-refractivity contribution in [3.8, 4) is 5.75 Å². The fourth-order valence-electron chi connectivity index (χ4n) is 2.26. The standard InChI is InChI=1S/C14H15N3O2/c1-19-12-4-2-11(3-5-12)14(18)17-9-8-16-7-6-15-13(16)10-17/h2-7H,8-10H2,1H3. The van der Waals surface area contributed by atoms with Crippen LogP contribution < -0.4 is 4.74 Å². The third kappa shape index (κ3) is 2.19. The normalized spacial score (nSPS) is 14.1. The second kappa shape index (κ2) is 4.76. The van der Waals surface area contributed by atoms with Gasteiger partial charge in [-0.05, 0) is 24.3 Å². The highest BCUT2D eigenvalue weighted by Gasteiger charge is 2.22. The Bertz CT molecular complexity index is 589. The zero-order chi connectivity index (χ0) is 13.2. The SMILES string of the molecule is COc1ccc(C(=O)N2CCn3ccnc3C2)cc1. The van der Waals surface area contributed by atoms with Gasteiger partial charge in [-0.1, -0.05) is 0 Å². The monoisotopic (exact) mass is 257 g/mol. The highest BCUT2D eigenvalue weighted by Crippen LogP contribution is 2.16. The van der Waals surface area contributed by atoms with Gasteiger partial charge in [0.2, 0.25) is 0 Å². The molecule has 5 nitrogen and oxygen atoms in total. The van der Waals surface area contributed by atoms with Crippen molar-refractivity contribution in [2.45, 2.75) is 13.1 Å². The molecular weight excluding hydrogens is 242 g/mol. The van der Waals surface area contributed by atoms with E-state index in [9.17, 15) is 4.79 Å². The summed E-state index contributed by atoms with van der Waals surface area (Å²) in [5, 5.41) is 0. The Labute approximate surface area is 111 Å². The Hall–Kier alpha value is -2.30. The van der Waals surface area contributed by atoms with E-state index in [-0.39, 0.29) is 5.91 Å². The number of nitrogens with zero attached hydrogens (tertiary/aromatic N) is 3. The largest absolute Gasteiger partial charge is 0.497 e. The van der Waals surface area contributed by atoms with Crippen molar-refractivity contribution in [1.29, 1.82) is 0 Å². The summed E-state index contributed by atoms with van der Waals surface area (Å²) in [6.07, 6.45) is 3.72. The van der Waals surface area contributed by atoms with Crippen molar-refractivity contribution >= 4 is 5.91 Å². The Morgan fingerprint density at radius 3 is 2.79 bits per heavy atom. The van der Waals surface area contributed by atoms with Gasteiger partial charge >= 0.3 is 0 Å². The van der Waals surface area contributed by atoms with Gasteiger partial charge in [0.1, 0.15) is 11.6 Å². The molecule has 0 unspecified atom stereocenters. The zero-order valence-electron chi connectivity index (χ0n) is 10.7. The van der Waals surface area contributed by atoms with Crippen LogP contribution in [0.1, 0.15) is 16.2 Å². The van der Waals surface area contributed by atoms with Crippen molar-refractivity contribution < 1.29 is 9.53 Å². The number of imidazole rings is 1. The van der Waals surface area contributed by atoms with Crippen LogP contribution >= 0.6 is 0 Å². The summed E-state index contributed by atoms with van der Waals surface area (Å²) in [4.78, 5) is 18.5. The van der Waals surface area contributed by atoms with Crippen LogP contribution in [-0.2, 0) is 13.1 Å². The molecule has 1 amide bonds. The quantitative estimate of drug-likeness (QED) is 0.820. The third-order valence-corrected chi connectivity index (χ3v) is 3.37. The molecule has 0 fully saturated rings. The van der Waals surface area contributed by atoms with E-state index in [2.05, 4.69) is 9.55 Å². The molecule has 1 aliphatic rings. The lowest BCUT2D eigenvalue weighted by Gasteiger charge is -2.27. The molecule has 0 aliphatic carbocycles. The molecule has 0 N–H and O–H groups in total. The van der Waals surface area contributed by atoms with Crippen LogP contribution in [0.4, 0.5) is 0 Å². The van der Waals surface area contributed by atoms with E-state index < -0.39 is 0 Å². The highest BCUT2D eigenvalue weighted by molar-refractivity contribution is 5.94. The van der Waals surface area contributed by atoms with Gasteiger partial charge in [0.05, 0.1) is 13.7 Å². The number of carbonyl (C=O) groups excluding carboxylic acids is 1. The second-order valence-corrected chi connectivity index (χ2v) is 4.49. The predicted molar refractivity (Wildman–Crippen MR) is 70.0 cm³/mol. The van der Waals surface area contributed by atoms with Gasteiger partial charge in [0, 0.05) is 31.0 Å². The molecule has 19 heavy (non-hydrogen) atoms. The topological polar surface area (TPSA) is 47.4 Å². The molecule has 2 heterocycles. The first-order chi connectivity index (χ1) is 9.28. The van der Waals surface area contributed by atoms with E-state index in [0.29, 0.717) is 18.7 Å². The van der Waals surface area contributed by atoms with Crippen molar-refractivity contribution in [3.05, 3.63) is 48.0 Å². The van der Waals surface area contributed by atoms with Crippen LogP contribution in [0, 0.1) is 0 Å². The molecule has 0 spiro atoms. The second-order valence-electron chi connectivity index (χ2n) is 4.49. The van der Waals surface area contributed by atoms with Crippen LogP contribution in [-0.4, -0.2) is 34.0 Å². The molecule has 0 atom stereocenters. The molecule has 3 rings (SSSR count). The maximum atomic E-state index is 12.4. The number of carbonyl (C=O) groups is 1. The van der Waals surface area contributed by atoms with Crippen molar-refractivity contribution in [3.63, 3.8) is 0 Å². The number of rotatable bonds is 2. The number of methoxy groups -OCH3 is 1. The lowest BCUT2D eigenvalue weighted by atomic mass is 10.2. The van der Waals surface area contributed by atoms with Gasteiger partial charge in [0.25, 0.3) is 5.91 Å². The molecule has 0 radical (unpaired) electrons. The Morgan fingerprint density at radius 2 is 2.05 bits per heavy atom. The summed E-state index contributed by atoms with van der Waals surface area (Å²) in [7, 11) is 1.61. The first kappa shape index (κ1) is 11.8. The summed E-state index contributed by atoms with van der Waals surface area (Å²) in [6.45, 7) is 2.09. The lowest BCUT2D eigenvalue weighted by Crippen LogP contribution is -2.38. The number of fused-ring (bicyclic) bond motifs is 1. The minimum atomic E-state index is 0.0388. The van der Waals surface area contributed by atoms with E-state index in [4.69, 9.17) is 4.74 Å². The lowest BCUT2D eigenvalue weighted by molar-refractivity contribution is 0.0707. The van der Waals surface area contributed by atoms with E-state index in [0.717, 1.165) is 18.1 Å². The number of hydrogen-bond donors (Lipinski definition) is 0. The molecule has 0 saturated heterocycles. The molecule has 0 bridgehead atoms. The van der Waals surface area contributed by atoms with Gasteiger partial charge in [-0.15, -0.1) is 0 Å². The molecule has 1 aromatic carbocycles. The summed E-state index contributed by atoms with van der Waals surface area (Å²) >= 11 is 0. The maximum absolute atomic E-state index is 12.4. The van der Waals surface area contributed by atoms with Gasteiger partial charge in [0.15, 0.2) is 0 Å². The van der Waals surface area contributed by atoms with E-state index >= 15 is 0 Å². The van der Waals surface area contributed by atoms with Crippen LogP contribution in [0.15, 0.2) is 36.7 Å². The number of benzene rings is 1. The van der Waals surface area contributed by atoms with Crippen LogP contribution in [0.3, 0.4) is 0 Å². The average Bonchev–Trinajstić information content (AvgIpc) is 2.94. The van der Waals surface area contributed by atoms with Crippen LogP contribution in [0.5, 0.6) is 5.75 Å². The summed E-state index contributed by atoms with van der Waals surface area (Å²) in [5.41, 5.74) is 0.681. The molecule has 1 aromatic heterocycles. The van der Waals surface area contributed by atoms with Crippen LogP contribution in [0.2, 0.25) is 0 Å². The summed E-state index contributed by atoms with van der Waals surface area (Å²) in [5.74, 6) is 1.73. The third-order valence-electron chi connectivity index (χ3n) is 3.37. The Kier molecular flexibility index (Phi) is 2.95. The van der Waals surface area contributed by atoms with Gasteiger partial charge in [-0.2, -0.15) is 0 Å². The van der Waals surface area contributed by atoms with E-state index in [1.807, 2.05) is 11.1 Å². The van der Waals surface area contributed by atoms with E-state index in [1.165, 1.54) is 0 Å². The fourth-order valence-corrected chi connectivity index (χ4v) is 2.26. The van der Waals surface area contributed by atoms with Gasteiger partial charge < -0.3 is 14.2 Å². The van der Waals surface area contributed by atoms with Gasteiger partial charge in [-0.25, -0.2) is 4.98 Å². The average molecular weight is 257 g/mol. The molecule has 98 valence electrons. The van der Waals surface area contributed by atoms with Crippen molar-refractivity contribution in [2.75, 3.05) is 13.7 Å². The highest BCUT2D eigenvalue weighted by atomic mass is 16.5. The summed E-state index contributed by atoms with van der Waals surface area (Å²) < 4.78 is 7.17. The van der Waals surface area contributed by atoms with Gasteiger partial charge in [-0.3, -0.25) is 4.79 Å². The fraction of sp³-hybridized carbons (Fsp3) is 0.286. The Morgan fingerprint density at radius 1 is 1.26 bits per heavy atom. The molecule has 1 aliphatic heterocycles. The number of ether oxygens (including phenoxy) is 1. The minimum absolute atomic E-state index is 0.0388. The summed E-state index contributed by atoms with van der Waals surface area (Å²) in [6, 6.07) is 7.20. The molecule has 0 saturated carbocycles. The zero-order valence-corrected chi connectivity index (χ0v) is 10.7. The first-order valence-electron chi connectivity index (χ1n) is 6.21. The van der Waals surface area contributed by atoms with E-state index in [1.54, 1.807) is 37.6 Å². The first-order valence-corrected chi connectivity index (χ1v) is 6.21. The molecule has 2 aromatic rings. The molecule has 5 heteroatoms. The predicted octanol–water partition coefficient (Wildman–Crippen LogP) is 1.55. The number of amides is 1. The smallest absolute Gasteiger partial charge is 0.254 e. The molecular formula is C14H15N3O2. The number of hydrogen-bond acceptors (Lipinski definition) is 3.